The fraction of sp³-hybridized carbons (Fsp3) is 0.500. The lowest BCUT2D eigenvalue weighted by Gasteiger charge is -2.23. The number of hydrazine groups is 1. The summed E-state index contributed by atoms with van der Waals surface area (Å²) in [6.45, 7) is 4.96. The average Bonchev–Trinajstić information content (AvgIpc) is 2.42. The lowest BCUT2D eigenvalue weighted by Crippen LogP contribution is -2.35. The van der Waals surface area contributed by atoms with Gasteiger partial charge in [0.05, 0.1) is 17.9 Å². The molecule has 0 aliphatic heterocycles. The lowest BCUT2D eigenvalue weighted by atomic mass is 10.1. The number of nitrogen functional groups attached to an aromatic ring is 1. The van der Waals surface area contributed by atoms with Gasteiger partial charge in [-0.05, 0) is 25.5 Å². The second kappa shape index (κ2) is 7.76. The highest BCUT2D eigenvalue weighted by Crippen LogP contribution is 2.18. The van der Waals surface area contributed by atoms with Gasteiger partial charge in [-0.2, -0.15) is 0 Å². The number of nitrogens with two attached hydrogens (primary N) is 1. The molecule has 0 saturated carbocycles. The molecule has 0 spiro atoms. The van der Waals surface area contributed by atoms with Gasteiger partial charge in [0.2, 0.25) is 0 Å². The lowest BCUT2D eigenvalue weighted by molar-refractivity contribution is 0.0720. The van der Waals surface area contributed by atoms with E-state index in [1.165, 1.54) is 0 Å². The Labute approximate surface area is 114 Å². The minimum atomic E-state index is -0.0980. The number of amides is 1. The first-order valence-corrected chi connectivity index (χ1v) is 6.61. The number of nitrogens with one attached hydrogen (secondary N) is 1. The highest BCUT2D eigenvalue weighted by Gasteiger charge is 2.18. The van der Waals surface area contributed by atoms with Gasteiger partial charge in [-0.3, -0.25) is 10.6 Å². The number of aryl methyl sites for hydroxylation is 1. The van der Waals surface area contributed by atoms with E-state index in [1.807, 2.05) is 19.1 Å². The van der Waals surface area contributed by atoms with Gasteiger partial charge < -0.3 is 15.4 Å². The van der Waals surface area contributed by atoms with Crippen molar-refractivity contribution in [3.05, 3.63) is 29.3 Å². The molecule has 1 rings (SSSR count). The molecule has 19 heavy (non-hydrogen) atoms. The van der Waals surface area contributed by atoms with E-state index in [0.717, 1.165) is 18.4 Å². The number of carbonyl (C=O) groups is 1. The van der Waals surface area contributed by atoms with Crippen molar-refractivity contribution in [3.63, 3.8) is 0 Å². The van der Waals surface area contributed by atoms with Crippen molar-refractivity contribution in [3.8, 4) is 0 Å². The van der Waals surface area contributed by atoms with E-state index >= 15 is 0 Å². The molecule has 0 aliphatic rings. The number of carbonyl (C=O) groups excluding carboxylic acids is 1. The van der Waals surface area contributed by atoms with Crippen LogP contribution in [0.1, 0.15) is 35.7 Å². The molecule has 106 valence electrons. The van der Waals surface area contributed by atoms with E-state index in [2.05, 4.69) is 12.3 Å². The summed E-state index contributed by atoms with van der Waals surface area (Å²) in [6.07, 6.45) is 1.92. The predicted octanol–water partition coefficient (Wildman–Crippen LogP) is 1.52. The summed E-state index contributed by atoms with van der Waals surface area (Å²) in [4.78, 5) is 14.2. The number of unbranched alkanes of at least 4 members (excludes halogenated alkanes) is 1. The summed E-state index contributed by atoms with van der Waals surface area (Å²) in [6, 6.07) is 5.50. The van der Waals surface area contributed by atoms with Crippen LogP contribution >= 0.6 is 0 Å². The molecule has 5 heteroatoms. The van der Waals surface area contributed by atoms with E-state index in [1.54, 1.807) is 11.0 Å². The number of benzene rings is 1. The SMILES string of the molecule is CCCCN(CCO)C(=O)c1cc(C)ccc1NN. The third-order valence-corrected chi connectivity index (χ3v) is 3.00. The zero-order valence-corrected chi connectivity index (χ0v) is 11.6. The Bertz CT molecular complexity index is 421. The Balaban J connectivity index is 2.97. The van der Waals surface area contributed by atoms with Gasteiger partial charge in [0.25, 0.3) is 5.91 Å². The van der Waals surface area contributed by atoms with Crippen molar-refractivity contribution in [1.29, 1.82) is 0 Å². The van der Waals surface area contributed by atoms with Crippen molar-refractivity contribution in [1.82, 2.24) is 4.90 Å². The molecule has 0 saturated heterocycles. The molecule has 0 atom stereocenters. The van der Waals surface area contributed by atoms with Crippen LogP contribution in [0.25, 0.3) is 0 Å². The maximum atomic E-state index is 12.5. The van der Waals surface area contributed by atoms with Crippen LogP contribution in [-0.2, 0) is 0 Å². The molecule has 0 aromatic heterocycles. The van der Waals surface area contributed by atoms with Crippen molar-refractivity contribution in [2.24, 2.45) is 5.84 Å². The summed E-state index contributed by atoms with van der Waals surface area (Å²) in [5, 5.41) is 9.08. The fourth-order valence-electron chi connectivity index (χ4n) is 1.92. The maximum absolute atomic E-state index is 12.5. The number of rotatable bonds is 7. The second-order valence-corrected chi connectivity index (χ2v) is 4.56. The summed E-state index contributed by atoms with van der Waals surface area (Å²) in [7, 11) is 0. The van der Waals surface area contributed by atoms with E-state index < -0.39 is 0 Å². The number of nitrogens with zero attached hydrogens (tertiary/aromatic N) is 1. The Kier molecular flexibility index (Phi) is 6.32. The van der Waals surface area contributed by atoms with E-state index in [4.69, 9.17) is 10.9 Å². The maximum Gasteiger partial charge on any atom is 0.256 e. The van der Waals surface area contributed by atoms with Crippen molar-refractivity contribution < 1.29 is 9.90 Å². The van der Waals surface area contributed by atoms with Crippen molar-refractivity contribution in [2.75, 3.05) is 25.1 Å². The van der Waals surface area contributed by atoms with E-state index in [-0.39, 0.29) is 12.5 Å². The second-order valence-electron chi connectivity index (χ2n) is 4.56. The minimum absolute atomic E-state index is 0.0351. The molecule has 0 radical (unpaired) electrons. The van der Waals surface area contributed by atoms with Gasteiger partial charge in [-0.25, -0.2) is 0 Å². The molecule has 0 fully saturated rings. The zero-order valence-electron chi connectivity index (χ0n) is 11.6. The number of anilines is 1. The number of hydrogen-bond acceptors (Lipinski definition) is 4. The van der Waals surface area contributed by atoms with Gasteiger partial charge >= 0.3 is 0 Å². The largest absolute Gasteiger partial charge is 0.395 e. The number of hydrogen-bond donors (Lipinski definition) is 3. The van der Waals surface area contributed by atoms with Crippen LogP contribution in [0.5, 0.6) is 0 Å². The van der Waals surface area contributed by atoms with Crippen LogP contribution in [0.15, 0.2) is 18.2 Å². The van der Waals surface area contributed by atoms with Crippen LogP contribution < -0.4 is 11.3 Å². The third-order valence-electron chi connectivity index (χ3n) is 3.00. The Morgan fingerprint density at radius 3 is 2.74 bits per heavy atom. The van der Waals surface area contributed by atoms with Crippen LogP contribution in [0.3, 0.4) is 0 Å². The standard InChI is InChI=1S/C14H23N3O2/c1-3-4-7-17(8-9-18)14(19)12-10-11(2)5-6-13(12)16-15/h5-6,10,16,18H,3-4,7-9,15H2,1-2H3. The summed E-state index contributed by atoms with van der Waals surface area (Å²) in [5.74, 6) is 5.34. The van der Waals surface area contributed by atoms with Gasteiger partial charge in [0.15, 0.2) is 0 Å². The summed E-state index contributed by atoms with van der Waals surface area (Å²) < 4.78 is 0. The zero-order chi connectivity index (χ0) is 14.3. The molecule has 1 aromatic carbocycles. The topological polar surface area (TPSA) is 78.6 Å². The first-order chi connectivity index (χ1) is 9.13. The van der Waals surface area contributed by atoms with Gasteiger partial charge in [-0.1, -0.05) is 25.0 Å². The molecule has 0 heterocycles. The highest BCUT2D eigenvalue weighted by molar-refractivity contribution is 5.99. The molecular weight excluding hydrogens is 242 g/mol. The minimum Gasteiger partial charge on any atom is -0.395 e. The Morgan fingerprint density at radius 2 is 2.16 bits per heavy atom. The Hall–Kier alpha value is -1.59. The van der Waals surface area contributed by atoms with E-state index in [9.17, 15) is 4.79 Å². The summed E-state index contributed by atoms with van der Waals surface area (Å²) >= 11 is 0. The molecule has 0 bridgehead atoms. The molecule has 5 nitrogen and oxygen atoms in total. The molecular formula is C14H23N3O2. The first-order valence-electron chi connectivity index (χ1n) is 6.61. The quantitative estimate of drug-likeness (QED) is 0.516. The smallest absolute Gasteiger partial charge is 0.256 e. The molecule has 1 aromatic rings. The first kappa shape index (κ1) is 15.5. The number of aliphatic hydroxyl groups excluding tert-OH is 1. The monoisotopic (exact) mass is 265 g/mol. The van der Waals surface area contributed by atoms with Crippen LogP contribution in [0.2, 0.25) is 0 Å². The number of aliphatic hydroxyl groups is 1. The van der Waals surface area contributed by atoms with Gasteiger partial charge in [-0.15, -0.1) is 0 Å². The van der Waals surface area contributed by atoms with Gasteiger partial charge in [0.1, 0.15) is 0 Å². The molecule has 0 unspecified atom stereocenters. The van der Waals surface area contributed by atoms with Crippen LogP contribution in [-0.4, -0.2) is 35.6 Å². The van der Waals surface area contributed by atoms with Crippen LogP contribution in [0, 0.1) is 6.92 Å². The normalized spacial score (nSPS) is 10.3. The van der Waals surface area contributed by atoms with Crippen molar-refractivity contribution >= 4 is 11.6 Å². The van der Waals surface area contributed by atoms with Crippen molar-refractivity contribution in [2.45, 2.75) is 26.7 Å². The molecule has 4 N–H and O–H groups in total. The average molecular weight is 265 g/mol. The van der Waals surface area contributed by atoms with Crippen LogP contribution in [0.4, 0.5) is 5.69 Å². The van der Waals surface area contributed by atoms with Gasteiger partial charge in [0, 0.05) is 13.1 Å². The fourth-order valence-corrected chi connectivity index (χ4v) is 1.92. The summed E-state index contributed by atoms with van der Waals surface area (Å²) in [5.41, 5.74) is 4.70. The van der Waals surface area contributed by atoms with E-state index in [0.29, 0.717) is 24.3 Å². The third kappa shape index (κ3) is 4.22. The Morgan fingerprint density at radius 1 is 1.42 bits per heavy atom. The molecule has 0 aliphatic carbocycles. The predicted molar refractivity (Wildman–Crippen MR) is 76.9 cm³/mol. The highest BCUT2D eigenvalue weighted by atomic mass is 16.3. The molecule has 1 amide bonds.